The molecule has 0 saturated carbocycles. The van der Waals surface area contributed by atoms with Crippen LogP contribution < -0.4 is 26.4 Å². The monoisotopic (exact) mass is 603 g/mol. The van der Waals surface area contributed by atoms with Crippen LogP contribution in [0.2, 0.25) is 0 Å². The zero-order valence-electron chi connectivity index (χ0n) is 26.2. The Morgan fingerprint density at radius 3 is 2.00 bits per heavy atom. The Hall–Kier alpha value is -4.16. The van der Waals surface area contributed by atoms with Gasteiger partial charge in [-0.1, -0.05) is 53.7 Å². The van der Waals surface area contributed by atoms with Crippen LogP contribution >= 0.6 is 0 Å². The third kappa shape index (κ3) is 9.69. The van der Waals surface area contributed by atoms with Gasteiger partial charge in [0.1, 0.15) is 30.5 Å². The molecule has 0 aromatic heterocycles. The smallest absolute Gasteiger partial charge is 0.329 e. The molecular formula is C30H45N5O8. The van der Waals surface area contributed by atoms with Crippen LogP contribution in [0.15, 0.2) is 24.3 Å². The molecule has 1 aliphatic rings. The first-order valence-electron chi connectivity index (χ1n) is 14.2. The number of hydrogen-bond acceptors (Lipinski definition) is 8. The third-order valence-corrected chi connectivity index (χ3v) is 7.14. The van der Waals surface area contributed by atoms with Gasteiger partial charge in [0.25, 0.3) is 5.91 Å². The van der Waals surface area contributed by atoms with Gasteiger partial charge >= 0.3 is 12.0 Å². The van der Waals surface area contributed by atoms with Crippen molar-refractivity contribution in [2.24, 2.45) is 16.6 Å². The molecule has 238 valence electrons. The molecule has 1 aromatic carbocycles. The number of nitrogens with two attached hydrogens (primary N) is 1. The molecule has 1 fully saturated rings. The van der Waals surface area contributed by atoms with Crippen molar-refractivity contribution in [1.29, 1.82) is 0 Å². The van der Waals surface area contributed by atoms with Crippen LogP contribution in [0.1, 0.15) is 66.9 Å². The summed E-state index contributed by atoms with van der Waals surface area (Å²) in [4.78, 5) is 77.4. The molecule has 13 nitrogen and oxygen atoms in total. The summed E-state index contributed by atoms with van der Waals surface area (Å²) in [5, 5.41) is 7.82. The number of amides is 5. The van der Waals surface area contributed by atoms with Gasteiger partial charge in [0.2, 0.25) is 17.6 Å². The SMILES string of the molecule is COc1ccc(COC(=O)C(NC(=O)NC(C(=O)N2CCCC2C(=O)NC(C)C(=O)C(N)=O)C(C)(C)C)C(C)(C)C)cc1. The summed E-state index contributed by atoms with van der Waals surface area (Å²) < 4.78 is 10.6. The van der Waals surface area contributed by atoms with E-state index in [1.54, 1.807) is 72.9 Å². The Kier molecular flexibility index (Phi) is 11.7. The molecule has 0 bridgehead atoms. The third-order valence-electron chi connectivity index (χ3n) is 7.14. The van der Waals surface area contributed by atoms with E-state index in [1.165, 1.54) is 11.8 Å². The summed E-state index contributed by atoms with van der Waals surface area (Å²) in [7, 11) is 1.55. The Labute approximate surface area is 252 Å². The molecular weight excluding hydrogens is 558 g/mol. The van der Waals surface area contributed by atoms with E-state index in [4.69, 9.17) is 15.2 Å². The Morgan fingerprint density at radius 1 is 0.930 bits per heavy atom. The minimum Gasteiger partial charge on any atom is -0.497 e. The summed E-state index contributed by atoms with van der Waals surface area (Å²) in [6.07, 6.45) is 0.863. The van der Waals surface area contributed by atoms with Crippen LogP contribution in [-0.2, 0) is 35.3 Å². The molecule has 2 rings (SSSR count). The van der Waals surface area contributed by atoms with Crippen LogP contribution in [0.4, 0.5) is 4.79 Å². The highest BCUT2D eigenvalue weighted by molar-refractivity contribution is 6.37. The van der Waals surface area contributed by atoms with E-state index in [-0.39, 0.29) is 13.2 Å². The summed E-state index contributed by atoms with van der Waals surface area (Å²) in [6, 6.07) is 2.10. The molecule has 43 heavy (non-hydrogen) atoms. The Bertz CT molecular complexity index is 1200. The van der Waals surface area contributed by atoms with E-state index >= 15 is 0 Å². The first-order valence-corrected chi connectivity index (χ1v) is 14.2. The van der Waals surface area contributed by atoms with Crippen molar-refractivity contribution in [2.75, 3.05) is 13.7 Å². The van der Waals surface area contributed by atoms with Crippen molar-refractivity contribution in [3.8, 4) is 5.75 Å². The van der Waals surface area contributed by atoms with Gasteiger partial charge in [0.15, 0.2) is 0 Å². The second-order valence-corrected chi connectivity index (χ2v) is 12.8. The number of rotatable bonds is 11. The number of primary amides is 1. The molecule has 4 unspecified atom stereocenters. The lowest BCUT2D eigenvalue weighted by Gasteiger charge is -2.36. The molecule has 0 spiro atoms. The van der Waals surface area contributed by atoms with E-state index in [0.29, 0.717) is 18.6 Å². The lowest BCUT2D eigenvalue weighted by atomic mass is 9.85. The zero-order valence-corrected chi connectivity index (χ0v) is 26.2. The lowest BCUT2D eigenvalue weighted by Crippen LogP contribution is -2.61. The predicted molar refractivity (Wildman–Crippen MR) is 157 cm³/mol. The van der Waals surface area contributed by atoms with Gasteiger partial charge < -0.3 is 36.1 Å². The molecule has 13 heteroatoms. The van der Waals surface area contributed by atoms with Crippen LogP contribution in [0.3, 0.4) is 0 Å². The van der Waals surface area contributed by atoms with Crippen molar-refractivity contribution in [3.05, 3.63) is 29.8 Å². The summed E-state index contributed by atoms with van der Waals surface area (Å²) in [6.45, 7) is 12.2. The number of carbonyl (C=O) groups is 6. The Balaban J connectivity index is 2.14. The molecule has 4 atom stereocenters. The van der Waals surface area contributed by atoms with Gasteiger partial charge in [0.05, 0.1) is 13.2 Å². The topological polar surface area (TPSA) is 186 Å². The van der Waals surface area contributed by atoms with Gasteiger partial charge in [0, 0.05) is 6.54 Å². The molecule has 0 aliphatic carbocycles. The number of ketones is 1. The van der Waals surface area contributed by atoms with Crippen LogP contribution in [0.5, 0.6) is 5.75 Å². The zero-order chi connectivity index (χ0) is 32.7. The molecule has 1 aromatic rings. The fourth-order valence-corrected chi connectivity index (χ4v) is 4.60. The number of ether oxygens (including phenoxy) is 2. The molecule has 0 radical (unpaired) electrons. The quantitative estimate of drug-likeness (QED) is 0.216. The fraction of sp³-hybridized carbons (Fsp3) is 0.600. The van der Waals surface area contributed by atoms with E-state index < -0.39 is 70.5 Å². The highest BCUT2D eigenvalue weighted by Gasteiger charge is 2.43. The number of esters is 1. The maximum Gasteiger partial charge on any atom is 0.329 e. The van der Waals surface area contributed by atoms with E-state index in [0.717, 1.165) is 5.56 Å². The van der Waals surface area contributed by atoms with Crippen LogP contribution in [0.25, 0.3) is 0 Å². The average Bonchev–Trinajstić information content (AvgIpc) is 3.42. The van der Waals surface area contributed by atoms with Gasteiger partial charge in [-0.2, -0.15) is 0 Å². The van der Waals surface area contributed by atoms with Crippen molar-refractivity contribution < 1.29 is 38.2 Å². The normalized spacial score (nSPS) is 17.2. The highest BCUT2D eigenvalue weighted by atomic mass is 16.5. The lowest BCUT2D eigenvalue weighted by molar-refractivity contribution is -0.150. The second-order valence-electron chi connectivity index (χ2n) is 12.8. The largest absolute Gasteiger partial charge is 0.497 e. The Morgan fingerprint density at radius 2 is 1.49 bits per heavy atom. The number of carbonyl (C=O) groups excluding carboxylic acids is 6. The maximum absolute atomic E-state index is 13.8. The van der Waals surface area contributed by atoms with E-state index in [1.807, 2.05) is 0 Å². The van der Waals surface area contributed by atoms with Crippen molar-refractivity contribution in [3.63, 3.8) is 0 Å². The minimum absolute atomic E-state index is 0.0100. The predicted octanol–water partition coefficient (Wildman–Crippen LogP) is 1.42. The van der Waals surface area contributed by atoms with Crippen molar-refractivity contribution >= 4 is 35.5 Å². The molecule has 5 N–H and O–H groups in total. The van der Waals surface area contributed by atoms with Crippen LogP contribution in [0, 0.1) is 10.8 Å². The van der Waals surface area contributed by atoms with Gasteiger partial charge in [-0.3, -0.25) is 19.2 Å². The number of nitrogens with zero attached hydrogens (tertiary/aromatic N) is 1. The van der Waals surface area contributed by atoms with Crippen LogP contribution in [-0.4, -0.2) is 78.2 Å². The van der Waals surface area contributed by atoms with E-state index in [9.17, 15) is 28.8 Å². The first-order chi connectivity index (χ1) is 19.9. The number of Topliss-reactive ketones (excluding diaryl/α,β-unsaturated/α-hetero) is 1. The second kappa shape index (κ2) is 14.3. The maximum atomic E-state index is 13.8. The molecule has 1 aliphatic heterocycles. The average molecular weight is 604 g/mol. The van der Waals surface area contributed by atoms with Gasteiger partial charge in [-0.15, -0.1) is 0 Å². The molecule has 5 amide bonds. The van der Waals surface area contributed by atoms with Crippen molar-refractivity contribution in [1.82, 2.24) is 20.9 Å². The summed E-state index contributed by atoms with van der Waals surface area (Å²) in [5.41, 5.74) is 4.26. The minimum atomic E-state index is -1.17. The number of likely N-dealkylation sites (tertiary alicyclic amines) is 1. The van der Waals surface area contributed by atoms with Gasteiger partial charge in [-0.25, -0.2) is 9.59 Å². The molecule has 1 heterocycles. The summed E-state index contributed by atoms with van der Waals surface area (Å²) >= 11 is 0. The standard InChI is InChI=1S/C30H45N5O8/c1-17(21(36)24(31)37)32-25(38)20-10-9-15-35(20)26(39)22(29(2,3)4)33-28(41)34-23(30(5,6)7)27(40)43-16-18-11-13-19(42-8)14-12-18/h11-14,17,20,22-23H,9-10,15-16H2,1-8H3,(H2,31,37)(H,32,38)(H2,33,34,41). The van der Waals surface area contributed by atoms with Crippen molar-refractivity contribution in [2.45, 2.75) is 92.1 Å². The highest BCUT2D eigenvalue weighted by Crippen LogP contribution is 2.27. The molecule has 1 saturated heterocycles. The van der Waals surface area contributed by atoms with Gasteiger partial charge in [-0.05, 0) is 48.3 Å². The number of benzene rings is 1. The number of hydrogen-bond donors (Lipinski definition) is 4. The fourth-order valence-electron chi connectivity index (χ4n) is 4.60. The number of methoxy groups -OCH3 is 1. The first kappa shape index (κ1) is 35.0. The summed E-state index contributed by atoms with van der Waals surface area (Å²) in [5.74, 6) is -3.20. The number of nitrogens with one attached hydrogen (secondary N) is 3. The van der Waals surface area contributed by atoms with E-state index in [2.05, 4.69) is 16.0 Å². The number of urea groups is 1.